The molecule has 0 unspecified atom stereocenters. The molecule has 0 radical (unpaired) electrons. The van der Waals surface area contributed by atoms with Crippen molar-refractivity contribution in [1.29, 1.82) is 0 Å². The number of nitrogens with zero attached hydrogens (tertiary/aromatic N) is 8. The molecule has 336 valence electrons. The number of hydrogen-bond acceptors (Lipinski definition) is 17. The minimum absolute atomic E-state index is 0. The third kappa shape index (κ3) is 10.6. The molecule has 0 aliphatic carbocycles. The van der Waals surface area contributed by atoms with Crippen LogP contribution in [0.1, 0.15) is 58.5 Å². The van der Waals surface area contributed by atoms with Crippen LogP contribution >= 0.6 is 22.7 Å². The number of likely N-dealkylation sites (tertiary alicyclic amines) is 2. The quantitative estimate of drug-likeness (QED) is 0.0794. The Morgan fingerprint density at radius 3 is 1.44 bits per heavy atom. The van der Waals surface area contributed by atoms with E-state index in [-0.39, 0.29) is 97.4 Å². The molecule has 8 heterocycles. The molecular weight excluding hydrogens is 888 g/mol. The largest absolute Gasteiger partial charge is 1.00 e. The van der Waals surface area contributed by atoms with Gasteiger partial charge in [-0.2, -0.15) is 10.2 Å². The Labute approximate surface area is 393 Å². The van der Waals surface area contributed by atoms with E-state index in [2.05, 4.69) is 10.2 Å². The summed E-state index contributed by atoms with van der Waals surface area (Å²) in [5.41, 5.74) is 0.674. The molecule has 24 heteroatoms. The van der Waals surface area contributed by atoms with Crippen molar-refractivity contribution in [3.63, 3.8) is 0 Å². The van der Waals surface area contributed by atoms with E-state index in [1.807, 2.05) is 0 Å². The molecule has 5 N–H and O–H groups in total. The molecule has 0 aromatic carbocycles. The normalized spacial score (nSPS) is 15.7. The summed E-state index contributed by atoms with van der Waals surface area (Å²) in [6.07, 6.45) is 6.59. The molecule has 6 aromatic rings. The Morgan fingerprint density at radius 2 is 1.09 bits per heavy atom. The van der Waals surface area contributed by atoms with Crippen LogP contribution in [-0.2, 0) is 45.2 Å². The van der Waals surface area contributed by atoms with E-state index in [9.17, 15) is 49.2 Å². The van der Waals surface area contributed by atoms with Crippen molar-refractivity contribution < 1.29 is 84.1 Å². The molecule has 2 amide bonds. The zero-order valence-electron chi connectivity index (χ0n) is 35.2. The zero-order chi connectivity index (χ0) is 44.2. The van der Waals surface area contributed by atoms with Gasteiger partial charge in [0.25, 0.3) is 11.1 Å². The van der Waals surface area contributed by atoms with Crippen LogP contribution in [-0.4, -0.2) is 140 Å². The molecule has 2 fully saturated rings. The number of carbonyl (C=O) groups is 4. The van der Waals surface area contributed by atoms with Crippen molar-refractivity contribution in [2.75, 3.05) is 39.4 Å². The van der Waals surface area contributed by atoms with Gasteiger partial charge in [-0.3, -0.25) is 37.7 Å². The number of amides is 2. The number of pyridine rings is 2. The molecule has 0 saturated carbocycles. The Kier molecular flexibility index (Phi) is 16.7. The molecule has 0 spiro atoms. The molecule has 21 nitrogen and oxygen atoms in total. The summed E-state index contributed by atoms with van der Waals surface area (Å²) in [7, 11) is 0. The van der Waals surface area contributed by atoms with Crippen LogP contribution in [0.5, 0.6) is 11.5 Å². The van der Waals surface area contributed by atoms with Gasteiger partial charge < -0.3 is 45.2 Å². The van der Waals surface area contributed by atoms with Crippen LogP contribution in [0.25, 0.3) is 20.4 Å². The predicted molar refractivity (Wildman–Crippen MR) is 226 cm³/mol. The fraction of sp³-hybridized carbons (Fsp3) is 0.400. The number of ether oxygens (including phenoxy) is 2. The van der Waals surface area contributed by atoms with Gasteiger partial charge in [0.15, 0.2) is 11.5 Å². The molecule has 6 aromatic heterocycles. The summed E-state index contributed by atoms with van der Waals surface area (Å²) in [4.78, 5) is 78.0. The summed E-state index contributed by atoms with van der Waals surface area (Å²) in [5, 5.41) is 51.9. The minimum atomic E-state index is -0.741. The number of fused-ring (bicyclic) bond motifs is 2. The van der Waals surface area contributed by atoms with E-state index in [4.69, 9.17) is 9.47 Å². The van der Waals surface area contributed by atoms with Crippen LogP contribution in [0.15, 0.2) is 57.3 Å². The fourth-order valence-corrected chi connectivity index (χ4v) is 9.19. The topological polar surface area (TPSA) is 284 Å². The number of aromatic hydroxyl groups is 2. The Balaban J connectivity index is 0.000000234. The molecule has 2 atom stereocenters. The monoisotopic (exact) mass is 932 g/mol. The number of aliphatic hydroxyl groups excluding tert-OH is 2. The van der Waals surface area contributed by atoms with Crippen LogP contribution < -0.4 is 40.7 Å². The third-order valence-corrected chi connectivity index (χ3v) is 12.2. The van der Waals surface area contributed by atoms with Gasteiger partial charge in [-0.05, 0) is 49.6 Å². The smallest absolute Gasteiger partial charge is 0.870 e. The fourth-order valence-electron chi connectivity index (χ4n) is 7.33. The second kappa shape index (κ2) is 21.5. The maximum atomic E-state index is 12.8. The number of rotatable bonds is 12. The van der Waals surface area contributed by atoms with E-state index >= 15 is 0 Å². The Morgan fingerprint density at radius 1 is 0.703 bits per heavy atom. The molecular formula is C40H45N8NaO13S2. The van der Waals surface area contributed by atoms with Crippen molar-refractivity contribution in [1.82, 2.24) is 38.5 Å². The summed E-state index contributed by atoms with van der Waals surface area (Å²) in [5.74, 6) is -3.06. The van der Waals surface area contributed by atoms with E-state index in [0.29, 0.717) is 70.6 Å². The molecule has 2 saturated heterocycles. The number of thiophene rings is 2. The van der Waals surface area contributed by atoms with Crippen molar-refractivity contribution >= 4 is 66.9 Å². The van der Waals surface area contributed by atoms with Crippen LogP contribution in [0.4, 0.5) is 0 Å². The second-order valence-electron chi connectivity index (χ2n) is 14.6. The van der Waals surface area contributed by atoms with E-state index < -0.39 is 46.8 Å². The predicted octanol–water partition coefficient (Wildman–Crippen LogP) is -1.61. The maximum Gasteiger partial charge on any atom is 1.00 e. The first-order chi connectivity index (χ1) is 29.8. The van der Waals surface area contributed by atoms with Crippen molar-refractivity contribution in [2.24, 2.45) is 0 Å². The minimum Gasteiger partial charge on any atom is -0.870 e. The molecule has 8 rings (SSSR count). The van der Waals surface area contributed by atoms with Gasteiger partial charge in [0.1, 0.15) is 24.2 Å². The number of aromatic nitrogens is 6. The number of aliphatic hydroxyl groups is 2. The first-order valence-electron chi connectivity index (χ1n) is 19.7. The summed E-state index contributed by atoms with van der Waals surface area (Å²) < 4.78 is 16.6. The second-order valence-corrected chi connectivity index (χ2v) is 16.4. The van der Waals surface area contributed by atoms with Gasteiger partial charge in [0, 0.05) is 49.7 Å². The average Bonchev–Trinajstić information content (AvgIpc) is 4.10. The summed E-state index contributed by atoms with van der Waals surface area (Å²) >= 11 is 2.46. The van der Waals surface area contributed by atoms with Gasteiger partial charge in [0.05, 0.1) is 71.3 Å². The van der Waals surface area contributed by atoms with E-state index in [1.165, 1.54) is 41.2 Å². The third-order valence-electron chi connectivity index (χ3n) is 10.3. The molecule has 0 bridgehead atoms. The van der Waals surface area contributed by atoms with Crippen LogP contribution in [0, 0.1) is 0 Å². The van der Waals surface area contributed by atoms with Crippen LogP contribution in [0.2, 0.25) is 0 Å². The molecule has 64 heavy (non-hydrogen) atoms. The van der Waals surface area contributed by atoms with Gasteiger partial charge in [0.2, 0.25) is 11.8 Å². The first-order valence-corrected chi connectivity index (χ1v) is 21.5. The average molecular weight is 933 g/mol. The molecule has 2 aliphatic rings. The number of esters is 2. The maximum absolute atomic E-state index is 12.8. The van der Waals surface area contributed by atoms with Gasteiger partial charge in [-0.25, -0.2) is 9.59 Å². The number of hydrogen-bond donors (Lipinski definition) is 4. The Bertz CT molecular complexity index is 2590. The van der Waals surface area contributed by atoms with Crippen molar-refractivity contribution in [3.8, 4) is 11.5 Å². The summed E-state index contributed by atoms with van der Waals surface area (Å²) in [6, 6.07) is 3.41. The zero-order valence-corrected chi connectivity index (χ0v) is 38.8. The molecule has 2 aliphatic heterocycles. The SMILES string of the molecule is CCOC(=O)c1c(O)c(=O)n(Cc2cnn(CC(=O)N3CC[C@@H](O)C3)c2)c2ccsc12.CCOC(=O)c1c(O)c(=O)n(Cc2cnn(CC(=O)N3CC[C@@H](O)C3)c2)c2ccsc12.[Na+].[OH-]. The first kappa shape index (κ1) is 49.6. The number of β-amino-alcohol motifs (C(OH)–C–C–N with tert-alkyl or cyclic N) is 2. The van der Waals surface area contributed by atoms with E-state index in [1.54, 1.807) is 71.3 Å². The van der Waals surface area contributed by atoms with Gasteiger partial charge in [-0.15, -0.1) is 22.7 Å². The number of carbonyl (C=O) groups excluding carboxylic acids is 4. The Hall–Kier alpha value is -5.40. The summed E-state index contributed by atoms with van der Waals surface area (Å²) in [6.45, 7) is 5.52. The standard InChI is InChI=1S/2C20H22N4O6S.Na.H2O/c2*1-2-30-20(29)16-17(27)19(28)24(14-4-6-31-18(14)16)9-12-7-21-23(8-12)11-15(26)22-5-3-13(25)10-22;;/h2*4,6-8,13,25,27H,2-3,5,9-11H2,1H3;;1H2/q;;+1;/p-1/t2*13-;;/m11../s1. The van der Waals surface area contributed by atoms with Crippen molar-refractivity contribution in [2.45, 2.75) is 65.1 Å². The van der Waals surface area contributed by atoms with Gasteiger partial charge in [-0.1, -0.05) is 0 Å². The van der Waals surface area contributed by atoms with Crippen molar-refractivity contribution in [3.05, 3.63) is 90.6 Å². The van der Waals surface area contributed by atoms with Gasteiger partial charge >= 0.3 is 41.5 Å². The van der Waals surface area contributed by atoms with Crippen LogP contribution in [0.3, 0.4) is 0 Å². The van der Waals surface area contributed by atoms with E-state index in [0.717, 1.165) is 0 Å².